The maximum absolute atomic E-state index is 12.6. The highest BCUT2D eigenvalue weighted by atomic mass is 32.2. The van der Waals surface area contributed by atoms with Crippen LogP contribution in [0.4, 0.5) is 5.69 Å². The second-order valence-corrected chi connectivity index (χ2v) is 8.97. The normalized spacial score (nSPS) is 16.1. The number of aryl methyl sites for hydroxylation is 1. The van der Waals surface area contributed by atoms with Gasteiger partial charge in [-0.15, -0.1) is 11.3 Å². The first-order valence-electron chi connectivity index (χ1n) is 8.87. The predicted octanol–water partition coefficient (Wildman–Crippen LogP) is 3.99. The molecule has 0 saturated heterocycles. The molecule has 1 atom stereocenters. The van der Waals surface area contributed by atoms with Gasteiger partial charge in [0.05, 0.1) is 16.1 Å². The van der Waals surface area contributed by atoms with Crippen molar-refractivity contribution in [3.05, 3.63) is 60.7 Å². The Bertz CT molecular complexity index is 1130. The van der Waals surface area contributed by atoms with Gasteiger partial charge >= 0.3 is 0 Å². The minimum atomic E-state index is -0.506. The molecule has 144 valence electrons. The smallest absolute Gasteiger partial charge is 0.269 e. The molecule has 0 bridgehead atoms. The summed E-state index contributed by atoms with van der Waals surface area (Å²) in [6, 6.07) is 5.49. The SMILES string of the molecule is C[C@@H]1CCc2c(sc3nc(SCC(=O)c4ccc([N+](=O)[O-])cc4)[nH]c(=O)c23)C1. The number of nitrogens with one attached hydrogen (secondary N) is 1. The molecular weight excluding hydrogens is 398 g/mol. The Hall–Kier alpha value is -2.52. The number of nitrogens with zero attached hydrogens (tertiary/aromatic N) is 2. The molecule has 1 aliphatic carbocycles. The predicted molar refractivity (Wildman–Crippen MR) is 110 cm³/mol. The number of rotatable bonds is 5. The number of hydrogen-bond donors (Lipinski definition) is 1. The number of fused-ring (bicyclic) bond motifs is 3. The van der Waals surface area contributed by atoms with Crippen molar-refractivity contribution in [3.63, 3.8) is 0 Å². The van der Waals surface area contributed by atoms with E-state index in [1.165, 1.54) is 40.9 Å². The average Bonchev–Trinajstić information content (AvgIpc) is 3.03. The van der Waals surface area contributed by atoms with Gasteiger partial charge in [-0.1, -0.05) is 18.7 Å². The van der Waals surface area contributed by atoms with E-state index in [2.05, 4.69) is 16.9 Å². The van der Waals surface area contributed by atoms with E-state index in [1.807, 2.05) is 0 Å². The number of hydrogen-bond acceptors (Lipinski definition) is 7. The van der Waals surface area contributed by atoms with E-state index in [1.54, 1.807) is 11.3 Å². The molecule has 2 aromatic heterocycles. The lowest BCUT2D eigenvalue weighted by Crippen LogP contribution is -2.13. The Morgan fingerprint density at radius 2 is 2.14 bits per heavy atom. The Morgan fingerprint density at radius 1 is 1.39 bits per heavy atom. The van der Waals surface area contributed by atoms with Crippen LogP contribution >= 0.6 is 23.1 Å². The highest BCUT2D eigenvalue weighted by Crippen LogP contribution is 2.36. The number of thioether (sulfide) groups is 1. The topological polar surface area (TPSA) is 106 Å². The first-order chi connectivity index (χ1) is 13.4. The van der Waals surface area contributed by atoms with Crippen molar-refractivity contribution in [2.75, 3.05) is 5.75 Å². The van der Waals surface area contributed by atoms with Crippen molar-refractivity contribution in [2.24, 2.45) is 5.92 Å². The number of nitro benzene ring substituents is 1. The van der Waals surface area contributed by atoms with Crippen LogP contribution in [0.3, 0.4) is 0 Å². The minimum absolute atomic E-state index is 0.0587. The molecule has 0 radical (unpaired) electrons. The fraction of sp³-hybridized carbons (Fsp3) is 0.316. The molecule has 4 rings (SSSR count). The number of carbonyl (C=O) groups excluding carboxylic acids is 1. The third kappa shape index (κ3) is 3.59. The molecule has 7 nitrogen and oxygen atoms in total. The van der Waals surface area contributed by atoms with E-state index >= 15 is 0 Å². The van der Waals surface area contributed by atoms with Crippen LogP contribution in [0.2, 0.25) is 0 Å². The number of ketones is 1. The largest absolute Gasteiger partial charge is 0.301 e. The molecule has 9 heteroatoms. The quantitative estimate of drug-likeness (QED) is 0.222. The van der Waals surface area contributed by atoms with E-state index in [4.69, 9.17) is 0 Å². The van der Waals surface area contributed by atoms with Gasteiger partial charge in [-0.3, -0.25) is 19.7 Å². The number of carbonyl (C=O) groups is 1. The van der Waals surface area contributed by atoms with Crippen LogP contribution in [0.25, 0.3) is 10.2 Å². The maximum Gasteiger partial charge on any atom is 0.269 e. The second kappa shape index (κ2) is 7.48. The summed E-state index contributed by atoms with van der Waals surface area (Å²) in [6.07, 6.45) is 2.97. The summed E-state index contributed by atoms with van der Waals surface area (Å²) in [5, 5.41) is 11.8. The highest BCUT2D eigenvalue weighted by molar-refractivity contribution is 7.99. The number of thiophene rings is 1. The fourth-order valence-corrected chi connectivity index (χ4v) is 5.58. The molecule has 0 unspecified atom stereocenters. The summed E-state index contributed by atoms with van der Waals surface area (Å²) < 4.78 is 0. The minimum Gasteiger partial charge on any atom is -0.301 e. The number of nitro groups is 1. The molecule has 28 heavy (non-hydrogen) atoms. The van der Waals surface area contributed by atoms with E-state index in [0.717, 1.165) is 29.7 Å². The van der Waals surface area contributed by atoms with Crippen LogP contribution in [0.1, 0.15) is 34.1 Å². The van der Waals surface area contributed by atoms with Crippen molar-refractivity contribution in [2.45, 2.75) is 31.3 Å². The number of benzene rings is 1. The average molecular weight is 415 g/mol. The van der Waals surface area contributed by atoms with Gasteiger partial charge in [0.1, 0.15) is 4.83 Å². The number of aromatic nitrogens is 2. The first-order valence-corrected chi connectivity index (χ1v) is 10.7. The molecule has 1 aliphatic rings. The molecule has 3 aromatic rings. The summed E-state index contributed by atoms with van der Waals surface area (Å²) in [4.78, 5) is 44.4. The molecule has 1 N–H and O–H groups in total. The van der Waals surface area contributed by atoms with Gasteiger partial charge < -0.3 is 4.98 Å². The Kier molecular flexibility index (Phi) is 5.03. The summed E-state index contributed by atoms with van der Waals surface area (Å²) >= 11 is 2.74. The van der Waals surface area contributed by atoms with Gasteiger partial charge in [0.25, 0.3) is 11.2 Å². The molecular formula is C19H17N3O4S2. The van der Waals surface area contributed by atoms with E-state index in [9.17, 15) is 19.7 Å². The van der Waals surface area contributed by atoms with Crippen molar-refractivity contribution >= 4 is 44.8 Å². The van der Waals surface area contributed by atoms with Crippen LogP contribution in [0.5, 0.6) is 0 Å². The van der Waals surface area contributed by atoms with Gasteiger partial charge in [-0.2, -0.15) is 0 Å². The van der Waals surface area contributed by atoms with Crippen LogP contribution in [-0.2, 0) is 12.8 Å². The molecule has 0 fully saturated rings. The van der Waals surface area contributed by atoms with Crippen molar-refractivity contribution in [3.8, 4) is 0 Å². The Morgan fingerprint density at radius 3 is 2.86 bits per heavy atom. The first kappa shape index (κ1) is 18.8. The molecule has 0 saturated carbocycles. The third-order valence-corrected chi connectivity index (χ3v) is 6.91. The Labute approximate surface area is 168 Å². The summed E-state index contributed by atoms with van der Waals surface area (Å²) in [5.74, 6) is 0.531. The lowest BCUT2D eigenvalue weighted by molar-refractivity contribution is -0.384. The van der Waals surface area contributed by atoms with Gasteiger partial charge in [-0.25, -0.2) is 4.98 Å². The van der Waals surface area contributed by atoms with E-state index < -0.39 is 4.92 Å². The Balaban J connectivity index is 1.53. The van der Waals surface area contributed by atoms with Crippen molar-refractivity contribution < 1.29 is 9.72 Å². The van der Waals surface area contributed by atoms with Crippen LogP contribution in [0.15, 0.2) is 34.2 Å². The lowest BCUT2D eigenvalue weighted by Gasteiger charge is -2.17. The van der Waals surface area contributed by atoms with Crippen LogP contribution < -0.4 is 5.56 Å². The number of aromatic amines is 1. The maximum atomic E-state index is 12.6. The monoisotopic (exact) mass is 415 g/mol. The van der Waals surface area contributed by atoms with E-state index in [-0.39, 0.29) is 22.8 Å². The van der Waals surface area contributed by atoms with Crippen LogP contribution in [-0.4, -0.2) is 26.4 Å². The van der Waals surface area contributed by atoms with Crippen molar-refractivity contribution in [1.29, 1.82) is 0 Å². The van der Waals surface area contributed by atoms with Gasteiger partial charge in [0.2, 0.25) is 0 Å². The number of H-pyrrole nitrogens is 1. The molecule has 1 aromatic carbocycles. The molecule has 0 spiro atoms. The van der Waals surface area contributed by atoms with E-state index in [0.29, 0.717) is 22.0 Å². The van der Waals surface area contributed by atoms with Gasteiger partial charge in [0.15, 0.2) is 10.9 Å². The zero-order valence-corrected chi connectivity index (χ0v) is 16.7. The molecule has 0 aliphatic heterocycles. The van der Waals surface area contributed by atoms with Crippen LogP contribution in [0, 0.1) is 16.0 Å². The lowest BCUT2D eigenvalue weighted by atomic mass is 9.89. The zero-order chi connectivity index (χ0) is 19.8. The fourth-order valence-electron chi connectivity index (χ4n) is 3.38. The van der Waals surface area contributed by atoms with Crippen molar-refractivity contribution in [1.82, 2.24) is 9.97 Å². The summed E-state index contributed by atoms with van der Waals surface area (Å²) in [7, 11) is 0. The number of Topliss-reactive ketones (excluding diaryl/α,β-unsaturated/α-hetero) is 1. The second-order valence-electron chi connectivity index (χ2n) is 6.92. The molecule has 0 amide bonds. The molecule has 2 heterocycles. The third-order valence-electron chi connectivity index (χ3n) is 4.88. The number of non-ortho nitro benzene ring substituents is 1. The standard InChI is InChI=1S/C19H17N3O4S2/c1-10-2-7-13-15(8-10)28-18-16(13)17(24)20-19(21-18)27-9-14(23)11-3-5-12(6-4-11)22(25)26/h3-6,10H,2,7-9H2,1H3,(H,20,21,24)/t10-/m1/s1. The zero-order valence-electron chi connectivity index (χ0n) is 15.1. The summed E-state index contributed by atoms with van der Waals surface area (Å²) in [6.45, 7) is 2.22. The van der Waals surface area contributed by atoms with Gasteiger partial charge in [-0.05, 0) is 42.9 Å². The highest BCUT2D eigenvalue weighted by Gasteiger charge is 2.23. The summed E-state index contributed by atoms with van der Waals surface area (Å²) in [5.41, 5.74) is 1.31. The van der Waals surface area contributed by atoms with Gasteiger partial charge in [0, 0.05) is 22.6 Å².